The molecule has 382 valence electrons. The molecule has 6 rings (SSSR count). The van der Waals surface area contributed by atoms with Gasteiger partial charge in [-0.05, 0) is 98.9 Å². The fraction of sp³-hybridized carbons (Fsp3) is 0.574. The van der Waals surface area contributed by atoms with Crippen LogP contribution in [0.25, 0.3) is 11.1 Å². The van der Waals surface area contributed by atoms with Crippen molar-refractivity contribution in [1.29, 1.82) is 0 Å². The Labute approximate surface area is 407 Å². The maximum absolute atomic E-state index is 13.4. The third kappa shape index (κ3) is 13.5. The first-order chi connectivity index (χ1) is 33.0. The number of carbonyl (C=O) groups excluding carboxylic acids is 8. The molecule has 0 radical (unpaired) electrons. The molecule has 3 saturated carbocycles. The quantitative estimate of drug-likeness (QED) is 0.0404. The second-order valence-electron chi connectivity index (χ2n) is 19.3. The van der Waals surface area contributed by atoms with Crippen molar-refractivity contribution in [2.75, 3.05) is 13.2 Å². The number of aliphatic hydroxyl groups is 2. The Morgan fingerprint density at radius 2 is 1.37 bits per heavy atom. The van der Waals surface area contributed by atoms with Crippen molar-refractivity contribution >= 4 is 54.4 Å². The number of hydrogen-bond acceptors (Lipinski definition) is 14. The highest BCUT2D eigenvalue weighted by Crippen LogP contribution is 2.65. The van der Waals surface area contributed by atoms with E-state index < -0.39 is 122 Å². The maximum Gasteiger partial charge on any atom is 0.481 e. The van der Waals surface area contributed by atoms with Crippen LogP contribution in [0, 0.1) is 17.3 Å². The smallest absolute Gasteiger partial charge is 0.404 e. The molecule has 70 heavy (non-hydrogen) atoms. The molecular weight excluding hydrogens is 907 g/mol. The maximum atomic E-state index is 13.4. The van der Waals surface area contributed by atoms with Crippen LogP contribution in [0.4, 0.5) is 0 Å². The van der Waals surface area contributed by atoms with Gasteiger partial charge in [0.05, 0.1) is 36.7 Å². The van der Waals surface area contributed by atoms with Gasteiger partial charge in [-0.25, -0.2) is 0 Å². The van der Waals surface area contributed by atoms with Gasteiger partial charge in [-0.1, -0.05) is 63.6 Å². The van der Waals surface area contributed by atoms with Gasteiger partial charge in [-0.3, -0.25) is 38.4 Å². The number of benzene rings is 2. The van der Waals surface area contributed by atoms with Crippen molar-refractivity contribution in [3.8, 4) is 11.1 Å². The molecular formula is C47H69BN10O12. The number of amides is 8. The molecule has 0 aromatic heterocycles. The first-order valence-electron chi connectivity index (χ1n) is 23.7. The summed E-state index contributed by atoms with van der Waals surface area (Å²) in [5.74, 6) is -7.54. The average Bonchev–Trinajstić information content (AvgIpc) is 3.68. The summed E-state index contributed by atoms with van der Waals surface area (Å²) in [4.78, 5) is 103. The molecule has 1 aliphatic heterocycles. The van der Waals surface area contributed by atoms with E-state index in [1.54, 1.807) is 31.2 Å². The molecule has 15 N–H and O–H groups in total. The number of aryl methyl sites for hydroxylation is 1. The fourth-order valence-electron chi connectivity index (χ4n) is 9.41. The van der Waals surface area contributed by atoms with Crippen molar-refractivity contribution in [3.63, 3.8) is 0 Å². The van der Waals surface area contributed by atoms with Gasteiger partial charge in [0.25, 0.3) is 17.7 Å². The molecule has 8 amide bonds. The predicted octanol–water partition coefficient (Wildman–Crippen LogP) is -1.91. The van der Waals surface area contributed by atoms with Gasteiger partial charge in [0.15, 0.2) is 12.3 Å². The molecule has 2 aromatic carbocycles. The summed E-state index contributed by atoms with van der Waals surface area (Å²) in [7, 11) is -0.810. The molecule has 4 fully saturated rings. The first-order valence-corrected chi connectivity index (χ1v) is 23.7. The number of hydrogen-bond donors (Lipinski definition) is 12. The second kappa shape index (κ2) is 23.8. The minimum atomic E-state index is -1.87. The number of rotatable bonds is 24. The van der Waals surface area contributed by atoms with Crippen molar-refractivity contribution in [1.82, 2.24) is 37.2 Å². The Bertz CT molecular complexity index is 2230. The Balaban J connectivity index is 1.06. The molecule has 3 aliphatic carbocycles. The van der Waals surface area contributed by atoms with Crippen LogP contribution in [0.3, 0.4) is 0 Å². The lowest BCUT2D eigenvalue weighted by molar-refractivity contribution is -0.199. The van der Waals surface area contributed by atoms with Gasteiger partial charge >= 0.3 is 7.12 Å². The summed E-state index contributed by atoms with van der Waals surface area (Å²) in [6, 6.07) is 10.3. The molecule has 4 aliphatic rings. The normalized spacial score (nSPS) is 22.7. The van der Waals surface area contributed by atoms with Crippen LogP contribution in [0.2, 0.25) is 0 Å². The SMILES string of the molecule is CCCCc1ccc(-c2ccc(C(=O)N[C@H](CCO)C(=O)N[C@H](N)C(=O)NCC(=O)N[C@H](C(=O)N[C@@H](N)C(=O)NC(CC(N)=O)C(=O)N[C@@H](C)B3O[C@@H]4C[C@@H]5C[C@@H](C5(C)C)[C@]4(C)O3)C(C)O)cc2)cc1. The van der Waals surface area contributed by atoms with E-state index >= 15 is 0 Å². The van der Waals surface area contributed by atoms with Gasteiger partial charge in [-0.2, -0.15) is 0 Å². The monoisotopic (exact) mass is 977 g/mol. The number of carbonyl (C=O) groups is 8. The Kier molecular flexibility index (Phi) is 18.7. The highest BCUT2D eigenvalue weighted by Gasteiger charge is 2.68. The van der Waals surface area contributed by atoms with Gasteiger partial charge in [0.1, 0.15) is 18.1 Å². The molecule has 0 spiro atoms. The van der Waals surface area contributed by atoms with Gasteiger partial charge in [0.2, 0.25) is 29.5 Å². The zero-order valence-electron chi connectivity index (χ0n) is 40.5. The molecule has 2 bridgehead atoms. The van der Waals surface area contributed by atoms with Crippen LogP contribution in [0.1, 0.15) is 96.0 Å². The highest BCUT2D eigenvalue weighted by molar-refractivity contribution is 6.47. The molecule has 2 aromatic rings. The predicted molar refractivity (Wildman–Crippen MR) is 256 cm³/mol. The molecule has 2 unspecified atom stereocenters. The Morgan fingerprint density at radius 3 is 1.96 bits per heavy atom. The summed E-state index contributed by atoms with van der Waals surface area (Å²) >= 11 is 0. The number of primary amides is 1. The van der Waals surface area contributed by atoms with E-state index in [9.17, 15) is 48.6 Å². The van der Waals surface area contributed by atoms with Crippen molar-refractivity contribution in [2.45, 2.75) is 141 Å². The fourth-order valence-corrected chi connectivity index (χ4v) is 9.41. The number of nitrogens with one attached hydrogen (secondary N) is 7. The van der Waals surface area contributed by atoms with E-state index in [1.807, 2.05) is 19.1 Å². The molecule has 1 heterocycles. The van der Waals surface area contributed by atoms with E-state index in [0.29, 0.717) is 5.92 Å². The van der Waals surface area contributed by atoms with E-state index in [-0.39, 0.29) is 29.4 Å². The Morgan fingerprint density at radius 1 is 0.771 bits per heavy atom. The lowest BCUT2D eigenvalue weighted by Crippen LogP contribution is -2.65. The summed E-state index contributed by atoms with van der Waals surface area (Å²) < 4.78 is 12.6. The van der Waals surface area contributed by atoms with Crippen LogP contribution >= 0.6 is 0 Å². The summed E-state index contributed by atoms with van der Waals surface area (Å²) in [6.45, 7) is 10.1. The van der Waals surface area contributed by atoms with Crippen LogP contribution in [0.5, 0.6) is 0 Å². The van der Waals surface area contributed by atoms with Gasteiger partial charge < -0.3 is 73.9 Å². The van der Waals surface area contributed by atoms with Crippen molar-refractivity contribution in [3.05, 3.63) is 59.7 Å². The summed E-state index contributed by atoms with van der Waals surface area (Å²) in [6.07, 6.45) is -1.17. The molecule has 23 heteroatoms. The van der Waals surface area contributed by atoms with E-state index in [0.717, 1.165) is 50.2 Å². The largest absolute Gasteiger partial charge is 0.481 e. The van der Waals surface area contributed by atoms with E-state index in [2.05, 4.69) is 70.1 Å². The van der Waals surface area contributed by atoms with Crippen LogP contribution in [-0.2, 0) is 49.3 Å². The van der Waals surface area contributed by atoms with Crippen LogP contribution in [0.15, 0.2) is 48.5 Å². The third-order valence-electron chi connectivity index (χ3n) is 13.7. The molecule has 22 nitrogen and oxygen atoms in total. The highest BCUT2D eigenvalue weighted by atomic mass is 16.7. The number of aliphatic hydroxyl groups excluding tert-OH is 2. The summed E-state index contributed by atoms with van der Waals surface area (Å²) in [5.41, 5.74) is 20.0. The summed E-state index contributed by atoms with van der Waals surface area (Å²) in [5, 5.41) is 36.2. The number of nitrogens with two attached hydrogens (primary N) is 3. The van der Waals surface area contributed by atoms with Crippen molar-refractivity contribution in [2.24, 2.45) is 34.5 Å². The Hall–Kier alpha value is -5.98. The zero-order valence-corrected chi connectivity index (χ0v) is 40.5. The minimum Gasteiger partial charge on any atom is -0.404 e. The van der Waals surface area contributed by atoms with E-state index in [4.69, 9.17) is 26.5 Å². The van der Waals surface area contributed by atoms with Crippen molar-refractivity contribution < 1.29 is 57.9 Å². The molecule has 11 atom stereocenters. The first kappa shape index (κ1) is 55.0. The zero-order chi connectivity index (χ0) is 51.7. The second-order valence-corrected chi connectivity index (χ2v) is 19.3. The van der Waals surface area contributed by atoms with Crippen LogP contribution < -0.4 is 54.4 Å². The van der Waals surface area contributed by atoms with E-state index in [1.165, 1.54) is 5.56 Å². The standard InChI is InChI=1S/C47H69BN10O12/c1-7-8-9-26-10-12-27(13-11-26)28-14-16-29(17-15-28)40(63)54-31(18-19-59)41(64)57-38(50)44(67)52-23-36(62)56-37(24(2)60)43(66)58-39(51)45(68)55-32(22-35(49)61)42(65)53-25(3)48-69-34-21-30-20-33(46(30,4)5)47(34,6)70-48/h10-17,24-25,30-34,37-39,59-60H,7-9,18-23,50-51H2,1-6H3,(H2,49,61)(H,52,67)(H,53,65)(H,54,63)(H,55,68)(H,56,62)(H,57,64)(H,58,66)/t24?,25-,30-,31+,32?,33-,34+,37-,38-,39+,47-/m0/s1. The number of unbranched alkanes of at least 4 members (excludes halogenated alkanes) is 1. The topological polar surface area (TPSA) is 358 Å². The lowest BCUT2D eigenvalue weighted by Gasteiger charge is -2.64. The lowest BCUT2D eigenvalue weighted by atomic mass is 9.43. The molecule has 1 saturated heterocycles. The average molecular weight is 977 g/mol. The minimum absolute atomic E-state index is 0.0886. The third-order valence-corrected chi connectivity index (χ3v) is 13.7. The van der Waals surface area contributed by atoms with Gasteiger partial charge in [-0.15, -0.1) is 0 Å². The van der Waals surface area contributed by atoms with Crippen LogP contribution in [-0.4, -0.2) is 132 Å². The van der Waals surface area contributed by atoms with Gasteiger partial charge in [0, 0.05) is 12.2 Å².